The number of hydrogen-bond donors (Lipinski definition) is 1. The van der Waals surface area contributed by atoms with E-state index in [1.807, 2.05) is 0 Å². The normalized spacial score (nSPS) is 10.4. The van der Waals surface area contributed by atoms with E-state index in [0.29, 0.717) is 22.7 Å². The van der Waals surface area contributed by atoms with Gasteiger partial charge in [-0.1, -0.05) is 0 Å². The number of nitro benzene ring substituents is 1. The number of methoxy groups -OCH3 is 2. The SMILES string of the molecule is COc1ccc(C(=O)/C=C/Nc2ccc([N+](=O)[O-])cc2OC)cc1. The third-order valence-corrected chi connectivity index (χ3v) is 3.24. The van der Waals surface area contributed by atoms with Crippen LogP contribution in [0.1, 0.15) is 10.4 Å². The Morgan fingerprint density at radius 2 is 1.83 bits per heavy atom. The molecule has 24 heavy (non-hydrogen) atoms. The van der Waals surface area contributed by atoms with Gasteiger partial charge in [0, 0.05) is 23.9 Å². The number of non-ortho nitro benzene ring substituents is 1. The molecule has 0 aliphatic carbocycles. The van der Waals surface area contributed by atoms with E-state index in [1.54, 1.807) is 31.4 Å². The molecule has 0 aromatic heterocycles. The zero-order chi connectivity index (χ0) is 17.5. The quantitative estimate of drug-likeness (QED) is 0.362. The number of hydrogen-bond acceptors (Lipinski definition) is 6. The van der Waals surface area contributed by atoms with E-state index >= 15 is 0 Å². The Morgan fingerprint density at radius 3 is 2.42 bits per heavy atom. The molecule has 0 atom stereocenters. The number of nitrogens with one attached hydrogen (secondary N) is 1. The zero-order valence-electron chi connectivity index (χ0n) is 13.2. The number of ketones is 1. The zero-order valence-corrected chi connectivity index (χ0v) is 13.2. The Bertz CT molecular complexity index is 769. The Kier molecular flexibility index (Phi) is 5.51. The van der Waals surface area contributed by atoms with Gasteiger partial charge in [0.2, 0.25) is 0 Å². The summed E-state index contributed by atoms with van der Waals surface area (Å²) in [7, 11) is 2.97. The van der Waals surface area contributed by atoms with Crippen LogP contribution in [-0.4, -0.2) is 24.9 Å². The second-order valence-corrected chi connectivity index (χ2v) is 4.71. The van der Waals surface area contributed by atoms with E-state index < -0.39 is 4.92 Å². The fourth-order valence-electron chi connectivity index (χ4n) is 1.97. The predicted octanol–water partition coefficient (Wildman–Crippen LogP) is 3.42. The van der Waals surface area contributed by atoms with E-state index in [0.717, 1.165) is 0 Å². The van der Waals surface area contributed by atoms with Crippen LogP contribution in [-0.2, 0) is 0 Å². The number of rotatable bonds is 7. The van der Waals surface area contributed by atoms with E-state index in [2.05, 4.69) is 5.32 Å². The standard InChI is InChI=1S/C17H16N2O5/c1-23-14-6-3-12(4-7-14)16(20)9-10-18-15-8-5-13(19(21)22)11-17(15)24-2/h3-11,18H,1-2H3/b10-9+. The third kappa shape index (κ3) is 4.10. The summed E-state index contributed by atoms with van der Waals surface area (Å²) in [6, 6.07) is 10.9. The highest BCUT2D eigenvalue weighted by molar-refractivity contribution is 6.04. The number of nitro groups is 1. The molecule has 0 amide bonds. The Balaban J connectivity index is 2.07. The topological polar surface area (TPSA) is 90.7 Å². The van der Waals surface area contributed by atoms with Crippen LogP contribution in [0.3, 0.4) is 0 Å². The summed E-state index contributed by atoms with van der Waals surface area (Å²) in [4.78, 5) is 22.3. The second-order valence-electron chi connectivity index (χ2n) is 4.71. The Hall–Kier alpha value is -3.35. The molecule has 2 aromatic rings. The number of allylic oxidation sites excluding steroid dienone is 1. The average Bonchev–Trinajstić information content (AvgIpc) is 2.61. The van der Waals surface area contributed by atoms with Gasteiger partial charge in [0.05, 0.1) is 30.9 Å². The van der Waals surface area contributed by atoms with Gasteiger partial charge in [0.15, 0.2) is 5.78 Å². The second kappa shape index (κ2) is 7.77. The fourth-order valence-corrected chi connectivity index (χ4v) is 1.97. The molecular weight excluding hydrogens is 312 g/mol. The summed E-state index contributed by atoms with van der Waals surface area (Å²) in [6.45, 7) is 0. The van der Waals surface area contributed by atoms with Crippen molar-refractivity contribution in [2.75, 3.05) is 19.5 Å². The summed E-state index contributed by atoms with van der Waals surface area (Å²) in [5.74, 6) is 0.793. The molecule has 0 saturated carbocycles. The minimum Gasteiger partial charge on any atom is -0.497 e. The molecule has 0 bridgehead atoms. The van der Waals surface area contributed by atoms with Crippen LogP contribution in [0.2, 0.25) is 0 Å². The van der Waals surface area contributed by atoms with Crippen molar-refractivity contribution in [2.24, 2.45) is 0 Å². The molecule has 2 rings (SSSR count). The maximum Gasteiger partial charge on any atom is 0.273 e. The molecule has 124 valence electrons. The minimum atomic E-state index is -0.505. The number of ether oxygens (including phenoxy) is 2. The summed E-state index contributed by atoms with van der Waals surface area (Å²) in [5, 5.41) is 13.6. The van der Waals surface area contributed by atoms with Crippen LogP contribution >= 0.6 is 0 Å². The minimum absolute atomic E-state index is 0.0734. The van der Waals surface area contributed by atoms with Crippen molar-refractivity contribution in [1.82, 2.24) is 0 Å². The number of carbonyl (C=O) groups excluding carboxylic acids is 1. The smallest absolute Gasteiger partial charge is 0.273 e. The molecule has 0 heterocycles. The summed E-state index contributed by atoms with van der Waals surface area (Å²) in [5.41, 5.74) is 0.960. The van der Waals surface area contributed by atoms with Gasteiger partial charge in [-0.25, -0.2) is 0 Å². The largest absolute Gasteiger partial charge is 0.497 e. The van der Waals surface area contributed by atoms with Crippen LogP contribution in [0.25, 0.3) is 0 Å². The molecular formula is C17H16N2O5. The molecule has 0 saturated heterocycles. The van der Waals surface area contributed by atoms with E-state index in [9.17, 15) is 14.9 Å². The third-order valence-electron chi connectivity index (χ3n) is 3.24. The van der Waals surface area contributed by atoms with Crippen molar-refractivity contribution < 1.29 is 19.2 Å². The molecule has 0 spiro atoms. The van der Waals surface area contributed by atoms with Gasteiger partial charge in [-0.3, -0.25) is 14.9 Å². The maximum atomic E-state index is 12.0. The molecule has 7 nitrogen and oxygen atoms in total. The molecule has 0 aliphatic rings. The van der Waals surface area contributed by atoms with Gasteiger partial charge in [-0.05, 0) is 30.3 Å². The number of carbonyl (C=O) groups is 1. The predicted molar refractivity (Wildman–Crippen MR) is 89.7 cm³/mol. The first-order valence-corrected chi connectivity index (χ1v) is 6.99. The van der Waals surface area contributed by atoms with Crippen LogP contribution in [0.15, 0.2) is 54.7 Å². The first kappa shape index (κ1) is 17.0. The fraction of sp³-hybridized carbons (Fsp3) is 0.118. The van der Waals surface area contributed by atoms with E-state index in [4.69, 9.17) is 9.47 Å². The lowest BCUT2D eigenvalue weighted by atomic mass is 10.1. The van der Waals surface area contributed by atoms with Crippen LogP contribution < -0.4 is 14.8 Å². The first-order chi connectivity index (χ1) is 11.5. The van der Waals surface area contributed by atoms with Crippen molar-refractivity contribution in [3.8, 4) is 11.5 Å². The monoisotopic (exact) mass is 328 g/mol. The highest BCUT2D eigenvalue weighted by atomic mass is 16.6. The lowest BCUT2D eigenvalue weighted by Gasteiger charge is -2.07. The number of benzene rings is 2. The van der Waals surface area contributed by atoms with Crippen LogP contribution in [0.5, 0.6) is 11.5 Å². The first-order valence-electron chi connectivity index (χ1n) is 6.99. The molecule has 2 aromatic carbocycles. The van der Waals surface area contributed by atoms with Crippen molar-refractivity contribution in [2.45, 2.75) is 0 Å². The highest BCUT2D eigenvalue weighted by Gasteiger charge is 2.10. The van der Waals surface area contributed by atoms with Gasteiger partial charge in [0.1, 0.15) is 11.5 Å². The van der Waals surface area contributed by atoms with Crippen molar-refractivity contribution in [3.63, 3.8) is 0 Å². The van der Waals surface area contributed by atoms with E-state index in [-0.39, 0.29) is 11.5 Å². The molecule has 0 fully saturated rings. The van der Waals surface area contributed by atoms with Gasteiger partial charge >= 0.3 is 0 Å². The Labute approximate surface area is 138 Å². The average molecular weight is 328 g/mol. The lowest BCUT2D eigenvalue weighted by Crippen LogP contribution is -1.98. The van der Waals surface area contributed by atoms with Gasteiger partial charge in [-0.2, -0.15) is 0 Å². The molecule has 0 aliphatic heterocycles. The summed E-state index contributed by atoms with van der Waals surface area (Å²) < 4.78 is 10.1. The van der Waals surface area contributed by atoms with Crippen molar-refractivity contribution in [3.05, 3.63) is 70.4 Å². The maximum absolute atomic E-state index is 12.0. The number of anilines is 1. The summed E-state index contributed by atoms with van der Waals surface area (Å²) >= 11 is 0. The van der Waals surface area contributed by atoms with Crippen LogP contribution in [0.4, 0.5) is 11.4 Å². The lowest BCUT2D eigenvalue weighted by molar-refractivity contribution is -0.384. The van der Waals surface area contributed by atoms with E-state index in [1.165, 1.54) is 37.6 Å². The van der Waals surface area contributed by atoms with Crippen molar-refractivity contribution >= 4 is 17.2 Å². The molecule has 7 heteroatoms. The van der Waals surface area contributed by atoms with Crippen molar-refractivity contribution in [1.29, 1.82) is 0 Å². The van der Waals surface area contributed by atoms with Crippen LogP contribution in [0, 0.1) is 10.1 Å². The Morgan fingerprint density at radius 1 is 1.12 bits per heavy atom. The highest BCUT2D eigenvalue weighted by Crippen LogP contribution is 2.28. The summed E-state index contributed by atoms with van der Waals surface area (Å²) in [6.07, 6.45) is 2.82. The van der Waals surface area contributed by atoms with Gasteiger partial charge in [0.25, 0.3) is 5.69 Å². The van der Waals surface area contributed by atoms with Gasteiger partial charge < -0.3 is 14.8 Å². The molecule has 0 unspecified atom stereocenters. The number of nitrogens with zero attached hydrogens (tertiary/aromatic N) is 1. The van der Waals surface area contributed by atoms with Gasteiger partial charge in [-0.15, -0.1) is 0 Å². The molecule has 0 radical (unpaired) electrons. The molecule has 1 N–H and O–H groups in total.